The van der Waals surface area contributed by atoms with Crippen LogP contribution in [0.4, 0.5) is 0 Å². The molecule has 0 heterocycles. The minimum Gasteiger partial charge on any atom is -0.872 e. The third kappa shape index (κ3) is 2.65. The monoisotopic (exact) mass is 262 g/mol. The molecule has 0 aliphatic heterocycles. The first kappa shape index (κ1) is 14.1. The average Bonchev–Trinajstić information content (AvgIpc) is 2.16. The van der Waals surface area contributed by atoms with Gasteiger partial charge in [0.05, 0.1) is 0 Å². The van der Waals surface area contributed by atoms with Gasteiger partial charge >= 0.3 is 51.4 Å². The van der Waals surface area contributed by atoms with E-state index >= 15 is 0 Å². The summed E-state index contributed by atoms with van der Waals surface area (Å²) in [5.74, 6) is -0.266. The van der Waals surface area contributed by atoms with Crippen LogP contribution in [0.25, 0.3) is 10.8 Å². The normalized spacial score (nSPS) is 11.1. The smallest absolute Gasteiger partial charge is 0.872 e. The van der Waals surface area contributed by atoms with E-state index in [1.54, 1.807) is 0 Å². The molecule has 0 aliphatic rings. The predicted molar refractivity (Wildman–Crippen MR) is 53.2 cm³/mol. The van der Waals surface area contributed by atoms with Crippen LogP contribution in [0.1, 0.15) is 0 Å². The van der Waals surface area contributed by atoms with Crippen molar-refractivity contribution in [3.05, 3.63) is 36.4 Å². The van der Waals surface area contributed by atoms with Gasteiger partial charge in [-0.15, -0.1) is 5.75 Å². The van der Waals surface area contributed by atoms with Gasteiger partial charge < -0.3 is 5.11 Å². The van der Waals surface area contributed by atoms with E-state index in [2.05, 4.69) is 0 Å². The molecule has 0 atom stereocenters. The van der Waals surface area contributed by atoms with Gasteiger partial charge in [-0.25, -0.2) is 0 Å². The molecule has 0 amide bonds. The van der Waals surface area contributed by atoms with Gasteiger partial charge in [0.2, 0.25) is 0 Å². The standard InChI is InChI=1S/C10H8O4S.K/c11-9-5-1-4-8-7(9)3-2-6-10(8)15(12,13)14;/h1-6,11H,(H,12,13,14);/q;+1/p-1. The van der Waals surface area contributed by atoms with Crippen molar-refractivity contribution in [2.75, 3.05) is 0 Å². The molecule has 0 aromatic heterocycles. The molecule has 78 valence electrons. The summed E-state index contributed by atoms with van der Waals surface area (Å²) in [6.07, 6.45) is 0. The topological polar surface area (TPSA) is 77.4 Å². The zero-order valence-corrected chi connectivity index (χ0v) is 12.5. The molecule has 0 saturated carbocycles. The van der Waals surface area contributed by atoms with E-state index in [1.807, 2.05) is 0 Å². The van der Waals surface area contributed by atoms with Gasteiger partial charge in [-0.1, -0.05) is 30.3 Å². The van der Waals surface area contributed by atoms with Crippen molar-refractivity contribution in [2.45, 2.75) is 4.90 Å². The molecule has 0 bridgehead atoms. The second kappa shape index (κ2) is 5.13. The van der Waals surface area contributed by atoms with Gasteiger partial charge in [-0.05, 0) is 11.5 Å². The van der Waals surface area contributed by atoms with Crippen LogP contribution < -0.4 is 56.5 Å². The fraction of sp³-hybridized carbons (Fsp3) is 0. The van der Waals surface area contributed by atoms with Gasteiger partial charge in [-0.2, -0.15) is 8.42 Å². The molecule has 0 aliphatic carbocycles. The number of rotatable bonds is 1. The molecule has 0 saturated heterocycles. The first-order valence-corrected chi connectivity index (χ1v) is 5.60. The second-order valence-corrected chi connectivity index (χ2v) is 4.47. The zero-order valence-electron chi connectivity index (χ0n) is 8.54. The van der Waals surface area contributed by atoms with Crippen molar-refractivity contribution in [3.8, 4) is 5.75 Å². The quantitative estimate of drug-likeness (QED) is 0.484. The summed E-state index contributed by atoms with van der Waals surface area (Å²) in [4.78, 5) is -0.238. The number of hydrogen-bond acceptors (Lipinski definition) is 3. The van der Waals surface area contributed by atoms with Crippen molar-refractivity contribution in [2.24, 2.45) is 0 Å². The van der Waals surface area contributed by atoms with E-state index in [0.717, 1.165) is 0 Å². The second-order valence-electron chi connectivity index (χ2n) is 3.08. The van der Waals surface area contributed by atoms with E-state index in [4.69, 9.17) is 4.55 Å². The van der Waals surface area contributed by atoms with Gasteiger partial charge in [0.15, 0.2) is 0 Å². The molecule has 0 fully saturated rings. The molecule has 4 nitrogen and oxygen atoms in total. The largest absolute Gasteiger partial charge is 1.00 e. The van der Waals surface area contributed by atoms with E-state index in [0.29, 0.717) is 0 Å². The fourth-order valence-electron chi connectivity index (χ4n) is 1.48. The SMILES string of the molecule is O=S(=O)(O)c1cccc2c([O-])cccc12.[K+]. The summed E-state index contributed by atoms with van der Waals surface area (Å²) in [7, 11) is -4.29. The molecular formula is C10H7KO4S. The van der Waals surface area contributed by atoms with Gasteiger partial charge in [-0.3, -0.25) is 4.55 Å². The van der Waals surface area contributed by atoms with Crippen molar-refractivity contribution < 1.29 is 69.5 Å². The number of benzene rings is 2. The van der Waals surface area contributed by atoms with Crippen LogP contribution in [0, 0.1) is 0 Å². The van der Waals surface area contributed by atoms with Crippen LogP contribution in [0.3, 0.4) is 0 Å². The van der Waals surface area contributed by atoms with Crippen molar-refractivity contribution in [1.82, 2.24) is 0 Å². The molecule has 2 aromatic carbocycles. The molecule has 0 spiro atoms. The first-order valence-electron chi connectivity index (χ1n) is 4.16. The molecular weight excluding hydrogens is 255 g/mol. The Labute approximate surface area is 135 Å². The minimum absolute atomic E-state index is 0. The number of hydrogen-bond donors (Lipinski definition) is 1. The van der Waals surface area contributed by atoms with Crippen molar-refractivity contribution in [3.63, 3.8) is 0 Å². The maximum Gasteiger partial charge on any atom is 1.00 e. The Hall–Kier alpha value is 0.0464. The molecule has 2 aromatic rings. The Bertz CT molecular complexity index is 622. The third-order valence-corrected chi connectivity index (χ3v) is 3.03. The Morgan fingerprint density at radius 1 is 1.00 bits per heavy atom. The predicted octanol–water partition coefficient (Wildman–Crippen LogP) is -1.84. The summed E-state index contributed by atoms with van der Waals surface area (Å²) >= 11 is 0. The minimum atomic E-state index is -4.29. The summed E-state index contributed by atoms with van der Waals surface area (Å²) < 4.78 is 31.0. The Morgan fingerprint density at radius 2 is 1.56 bits per heavy atom. The maximum atomic E-state index is 11.4. The summed E-state index contributed by atoms with van der Waals surface area (Å²) in [6, 6.07) is 8.49. The average molecular weight is 262 g/mol. The fourth-order valence-corrected chi connectivity index (χ4v) is 2.18. The van der Waals surface area contributed by atoms with Crippen LogP contribution >= 0.6 is 0 Å². The van der Waals surface area contributed by atoms with E-state index in [9.17, 15) is 13.5 Å². The van der Waals surface area contributed by atoms with Crippen LogP contribution in [-0.2, 0) is 10.1 Å². The van der Waals surface area contributed by atoms with Gasteiger partial charge in [0.1, 0.15) is 4.90 Å². The van der Waals surface area contributed by atoms with Crippen LogP contribution in [0.5, 0.6) is 5.75 Å². The van der Waals surface area contributed by atoms with Crippen LogP contribution in [-0.4, -0.2) is 13.0 Å². The Balaban J connectivity index is 0.00000128. The van der Waals surface area contributed by atoms with Gasteiger partial charge in [0, 0.05) is 5.39 Å². The summed E-state index contributed by atoms with van der Waals surface area (Å²) in [5.41, 5.74) is 0. The number of fused-ring (bicyclic) bond motifs is 1. The Kier molecular flexibility index (Phi) is 4.53. The zero-order chi connectivity index (χ0) is 11.1. The molecule has 1 N–H and O–H groups in total. The first-order chi connectivity index (χ1) is 7.00. The van der Waals surface area contributed by atoms with E-state index in [1.165, 1.54) is 36.4 Å². The van der Waals surface area contributed by atoms with E-state index in [-0.39, 0.29) is 72.8 Å². The molecule has 0 radical (unpaired) electrons. The summed E-state index contributed by atoms with van der Waals surface area (Å²) in [6.45, 7) is 0. The summed E-state index contributed by atoms with van der Waals surface area (Å²) in [5, 5.41) is 11.9. The third-order valence-electron chi connectivity index (χ3n) is 2.12. The van der Waals surface area contributed by atoms with E-state index < -0.39 is 10.1 Å². The van der Waals surface area contributed by atoms with Crippen LogP contribution in [0.15, 0.2) is 41.3 Å². The van der Waals surface area contributed by atoms with Crippen molar-refractivity contribution in [1.29, 1.82) is 0 Å². The van der Waals surface area contributed by atoms with Gasteiger partial charge in [0.25, 0.3) is 10.1 Å². The van der Waals surface area contributed by atoms with Crippen molar-refractivity contribution >= 4 is 20.9 Å². The molecule has 2 rings (SSSR count). The van der Waals surface area contributed by atoms with Crippen LogP contribution in [0.2, 0.25) is 0 Å². The molecule has 16 heavy (non-hydrogen) atoms. The Morgan fingerprint density at radius 3 is 2.19 bits per heavy atom. The maximum absolute atomic E-state index is 11.4. The molecule has 0 unspecified atom stereocenters. The molecule has 6 heteroatoms.